The van der Waals surface area contributed by atoms with E-state index in [0.29, 0.717) is 11.3 Å². The van der Waals surface area contributed by atoms with Gasteiger partial charge in [-0.05, 0) is 49.2 Å². The quantitative estimate of drug-likeness (QED) is 0.894. The van der Waals surface area contributed by atoms with E-state index >= 15 is 0 Å². The SMILES string of the molecule is CS(=O)(=O)c1ccccc1C(=O)Nc1ccc(C(=O)N2CCCC2)cc1. The topological polar surface area (TPSA) is 83.5 Å². The summed E-state index contributed by atoms with van der Waals surface area (Å²) in [4.78, 5) is 26.6. The smallest absolute Gasteiger partial charge is 0.256 e. The first-order valence-corrected chi connectivity index (χ1v) is 10.3. The summed E-state index contributed by atoms with van der Waals surface area (Å²) in [7, 11) is -3.51. The molecule has 2 amide bonds. The first-order chi connectivity index (χ1) is 12.4. The zero-order valence-electron chi connectivity index (χ0n) is 14.4. The maximum atomic E-state index is 12.5. The van der Waals surface area contributed by atoms with Crippen LogP contribution in [0.3, 0.4) is 0 Å². The molecule has 0 bridgehead atoms. The van der Waals surface area contributed by atoms with Crippen molar-refractivity contribution < 1.29 is 18.0 Å². The predicted molar refractivity (Wildman–Crippen MR) is 99.1 cm³/mol. The van der Waals surface area contributed by atoms with Crippen LogP contribution in [0.5, 0.6) is 0 Å². The van der Waals surface area contributed by atoms with Gasteiger partial charge in [0, 0.05) is 30.6 Å². The Morgan fingerprint density at radius 1 is 0.962 bits per heavy atom. The molecule has 0 spiro atoms. The summed E-state index contributed by atoms with van der Waals surface area (Å²) in [5.41, 5.74) is 1.16. The van der Waals surface area contributed by atoms with Crippen molar-refractivity contribution in [1.29, 1.82) is 0 Å². The molecule has 0 saturated carbocycles. The largest absolute Gasteiger partial charge is 0.339 e. The molecule has 0 atom stereocenters. The van der Waals surface area contributed by atoms with Crippen molar-refractivity contribution >= 4 is 27.3 Å². The summed E-state index contributed by atoms with van der Waals surface area (Å²) in [6.07, 6.45) is 3.12. The van der Waals surface area contributed by atoms with Gasteiger partial charge in [0.1, 0.15) is 0 Å². The Morgan fingerprint density at radius 2 is 1.58 bits per heavy atom. The minimum atomic E-state index is -3.51. The molecule has 1 aliphatic heterocycles. The van der Waals surface area contributed by atoms with Gasteiger partial charge in [-0.15, -0.1) is 0 Å². The minimum Gasteiger partial charge on any atom is -0.339 e. The van der Waals surface area contributed by atoms with Crippen LogP contribution in [0.4, 0.5) is 5.69 Å². The Bertz CT molecular complexity index is 930. The van der Waals surface area contributed by atoms with Gasteiger partial charge in [-0.1, -0.05) is 12.1 Å². The molecule has 0 radical (unpaired) electrons. The summed E-state index contributed by atoms with van der Waals surface area (Å²) < 4.78 is 23.7. The number of nitrogens with one attached hydrogen (secondary N) is 1. The van der Waals surface area contributed by atoms with E-state index < -0.39 is 15.7 Å². The first-order valence-electron chi connectivity index (χ1n) is 8.36. The van der Waals surface area contributed by atoms with Crippen molar-refractivity contribution in [3.05, 3.63) is 59.7 Å². The van der Waals surface area contributed by atoms with Gasteiger partial charge < -0.3 is 10.2 Å². The van der Waals surface area contributed by atoms with Crippen LogP contribution in [-0.4, -0.2) is 44.5 Å². The standard InChI is InChI=1S/C19H20N2O4S/c1-26(24,25)17-7-3-2-6-16(17)18(22)20-15-10-8-14(9-11-15)19(23)21-12-4-5-13-21/h2-3,6-11H,4-5,12-13H2,1H3,(H,20,22). The highest BCUT2D eigenvalue weighted by molar-refractivity contribution is 7.90. The zero-order valence-corrected chi connectivity index (χ0v) is 15.3. The molecule has 0 aliphatic carbocycles. The van der Waals surface area contributed by atoms with Crippen molar-refractivity contribution in [1.82, 2.24) is 4.90 Å². The second-order valence-corrected chi connectivity index (χ2v) is 8.28. The number of carbonyl (C=O) groups excluding carboxylic acids is 2. The van der Waals surface area contributed by atoms with Crippen LogP contribution < -0.4 is 5.32 Å². The van der Waals surface area contributed by atoms with Crippen LogP contribution in [0.2, 0.25) is 0 Å². The Balaban J connectivity index is 1.76. The molecule has 26 heavy (non-hydrogen) atoms. The van der Waals surface area contributed by atoms with E-state index in [4.69, 9.17) is 0 Å². The minimum absolute atomic E-state index is 0.0113. The number of benzene rings is 2. The lowest BCUT2D eigenvalue weighted by Gasteiger charge is -2.15. The fourth-order valence-corrected chi connectivity index (χ4v) is 3.86. The average molecular weight is 372 g/mol. The van der Waals surface area contributed by atoms with E-state index in [2.05, 4.69) is 5.32 Å². The van der Waals surface area contributed by atoms with E-state index in [0.717, 1.165) is 32.2 Å². The lowest BCUT2D eigenvalue weighted by Crippen LogP contribution is -2.27. The highest BCUT2D eigenvalue weighted by Gasteiger charge is 2.20. The van der Waals surface area contributed by atoms with Gasteiger partial charge in [-0.2, -0.15) is 0 Å². The van der Waals surface area contributed by atoms with Gasteiger partial charge in [0.05, 0.1) is 10.5 Å². The molecular formula is C19H20N2O4S. The fourth-order valence-electron chi connectivity index (χ4n) is 2.97. The van der Waals surface area contributed by atoms with Crippen LogP contribution in [0, 0.1) is 0 Å². The summed E-state index contributed by atoms with van der Waals surface area (Å²) >= 11 is 0. The van der Waals surface area contributed by atoms with Crippen molar-refractivity contribution in [2.75, 3.05) is 24.7 Å². The van der Waals surface area contributed by atoms with Crippen LogP contribution >= 0.6 is 0 Å². The summed E-state index contributed by atoms with van der Waals surface area (Å²) in [6.45, 7) is 1.55. The molecule has 1 saturated heterocycles. The number of likely N-dealkylation sites (tertiary alicyclic amines) is 1. The van der Waals surface area contributed by atoms with Crippen LogP contribution in [0.25, 0.3) is 0 Å². The van der Waals surface area contributed by atoms with Gasteiger partial charge >= 0.3 is 0 Å². The Kier molecular flexibility index (Phi) is 5.08. The molecule has 0 unspecified atom stereocenters. The van der Waals surface area contributed by atoms with Gasteiger partial charge in [0.15, 0.2) is 9.84 Å². The number of rotatable bonds is 4. The maximum Gasteiger partial charge on any atom is 0.256 e. The van der Waals surface area contributed by atoms with E-state index in [1.807, 2.05) is 4.90 Å². The number of nitrogens with zero attached hydrogens (tertiary/aromatic N) is 1. The predicted octanol–water partition coefficient (Wildman–Crippen LogP) is 2.58. The normalized spacial score (nSPS) is 14.3. The van der Waals surface area contributed by atoms with Gasteiger partial charge in [0.2, 0.25) is 0 Å². The number of amides is 2. The molecule has 136 valence electrons. The van der Waals surface area contributed by atoms with Crippen molar-refractivity contribution in [3.63, 3.8) is 0 Å². The van der Waals surface area contributed by atoms with Crippen LogP contribution in [0.1, 0.15) is 33.6 Å². The Morgan fingerprint density at radius 3 is 2.19 bits per heavy atom. The molecule has 1 aliphatic rings. The van der Waals surface area contributed by atoms with Crippen molar-refractivity contribution in [2.24, 2.45) is 0 Å². The molecule has 1 N–H and O–H groups in total. The van der Waals surface area contributed by atoms with Crippen LogP contribution in [0.15, 0.2) is 53.4 Å². The number of hydrogen-bond acceptors (Lipinski definition) is 4. The van der Waals surface area contributed by atoms with E-state index in [1.54, 1.807) is 36.4 Å². The maximum absolute atomic E-state index is 12.5. The van der Waals surface area contributed by atoms with Crippen molar-refractivity contribution in [2.45, 2.75) is 17.7 Å². The van der Waals surface area contributed by atoms with Crippen molar-refractivity contribution in [3.8, 4) is 0 Å². The first kappa shape index (κ1) is 18.1. The summed E-state index contributed by atoms with van der Waals surface area (Å²) in [5, 5.41) is 2.68. The molecule has 7 heteroatoms. The van der Waals surface area contributed by atoms with Gasteiger partial charge in [0.25, 0.3) is 11.8 Å². The Hall–Kier alpha value is -2.67. The van der Waals surface area contributed by atoms with Gasteiger partial charge in [-0.25, -0.2) is 8.42 Å². The zero-order chi connectivity index (χ0) is 18.7. The third-order valence-corrected chi connectivity index (χ3v) is 5.47. The molecule has 6 nitrogen and oxygen atoms in total. The second-order valence-electron chi connectivity index (χ2n) is 6.30. The number of carbonyl (C=O) groups is 2. The molecule has 3 rings (SSSR count). The second kappa shape index (κ2) is 7.29. The molecule has 1 heterocycles. The number of anilines is 1. The molecule has 2 aromatic rings. The number of hydrogen-bond donors (Lipinski definition) is 1. The fraction of sp³-hybridized carbons (Fsp3) is 0.263. The summed E-state index contributed by atoms with van der Waals surface area (Å²) in [5.74, 6) is -0.521. The summed E-state index contributed by atoms with van der Waals surface area (Å²) in [6, 6.07) is 12.7. The lowest BCUT2D eigenvalue weighted by atomic mass is 10.1. The van der Waals surface area contributed by atoms with E-state index in [1.165, 1.54) is 12.1 Å². The molecular weight excluding hydrogens is 352 g/mol. The lowest BCUT2D eigenvalue weighted by molar-refractivity contribution is 0.0792. The van der Waals surface area contributed by atoms with Crippen LogP contribution in [-0.2, 0) is 9.84 Å². The average Bonchev–Trinajstić information content (AvgIpc) is 3.15. The third kappa shape index (κ3) is 3.94. The molecule has 2 aromatic carbocycles. The molecule has 0 aromatic heterocycles. The van der Waals surface area contributed by atoms with Gasteiger partial charge in [-0.3, -0.25) is 9.59 Å². The number of sulfone groups is 1. The molecule has 1 fully saturated rings. The highest BCUT2D eigenvalue weighted by Crippen LogP contribution is 2.19. The third-order valence-electron chi connectivity index (χ3n) is 4.31. The van der Waals surface area contributed by atoms with E-state index in [9.17, 15) is 18.0 Å². The monoisotopic (exact) mass is 372 g/mol. The highest BCUT2D eigenvalue weighted by atomic mass is 32.2. The van der Waals surface area contributed by atoms with E-state index in [-0.39, 0.29) is 16.4 Å². The Labute approximate surface area is 152 Å².